The smallest absolute Gasteiger partial charge is 0.266 e. The Morgan fingerprint density at radius 3 is 2.42 bits per heavy atom. The zero-order valence-electron chi connectivity index (χ0n) is 13.9. The van der Waals surface area contributed by atoms with E-state index >= 15 is 0 Å². The summed E-state index contributed by atoms with van der Waals surface area (Å²) >= 11 is 6.24. The third kappa shape index (κ3) is 3.84. The highest BCUT2D eigenvalue weighted by Crippen LogP contribution is 2.34. The molecule has 2 aromatic carbocycles. The zero-order valence-corrected chi connectivity index (χ0v) is 15.5. The second-order valence-corrected chi connectivity index (χ2v) is 7.28. The number of hydrogen-bond acceptors (Lipinski definition) is 4. The van der Waals surface area contributed by atoms with Gasteiger partial charge in [-0.25, -0.2) is 4.39 Å². The van der Waals surface area contributed by atoms with Gasteiger partial charge in [-0.15, -0.1) is 0 Å². The topological polar surface area (TPSA) is 49.4 Å². The summed E-state index contributed by atoms with van der Waals surface area (Å²) in [7, 11) is 1.57. The minimum Gasteiger partial charge on any atom is -0.320 e. The molecule has 3 rings (SSSR count). The maximum atomic E-state index is 13.9. The predicted molar refractivity (Wildman–Crippen MR) is 105 cm³/mol. The van der Waals surface area contributed by atoms with Crippen molar-refractivity contribution < 1.29 is 14.0 Å². The van der Waals surface area contributed by atoms with E-state index in [1.165, 1.54) is 23.1 Å². The van der Waals surface area contributed by atoms with Gasteiger partial charge in [0.05, 0.1) is 10.6 Å². The lowest BCUT2D eigenvalue weighted by Gasteiger charge is -2.12. The second-order valence-electron chi connectivity index (χ2n) is 5.64. The summed E-state index contributed by atoms with van der Waals surface area (Å²) in [5.74, 6) is -1.38. The third-order valence-corrected chi connectivity index (χ3v) is 5.45. The van der Waals surface area contributed by atoms with Crippen LogP contribution in [0.3, 0.4) is 0 Å². The van der Waals surface area contributed by atoms with E-state index in [9.17, 15) is 14.0 Å². The molecule has 0 spiro atoms. The van der Waals surface area contributed by atoms with E-state index < -0.39 is 11.7 Å². The van der Waals surface area contributed by atoms with Gasteiger partial charge in [0.1, 0.15) is 10.1 Å². The number of hydrogen-bond donors (Lipinski definition) is 1. The van der Waals surface area contributed by atoms with Crippen molar-refractivity contribution in [3.05, 3.63) is 76.5 Å². The monoisotopic (exact) mass is 386 g/mol. The molecule has 132 valence electrons. The first kappa shape index (κ1) is 18.3. The van der Waals surface area contributed by atoms with Gasteiger partial charge in [0.25, 0.3) is 11.8 Å². The number of amides is 2. The van der Waals surface area contributed by atoms with Gasteiger partial charge in [-0.3, -0.25) is 14.5 Å². The number of thioether (sulfide) groups is 1. The molecule has 1 saturated heterocycles. The van der Waals surface area contributed by atoms with Gasteiger partial charge in [0.15, 0.2) is 0 Å². The van der Waals surface area contributed by atoms with Crippen LogP contribution in [0.2, 0.25) is 0 Å². The van der Waals surface area contributed by atoms with E-state index in [1.807, 2.05) is 30.3 Å². The van der Waals surface area contributed by atoms with Crippen molar-refractivity contribution in [1.82, 2.24) is 4.90 Å². The van der Waals surface area contributed by atoms with Gasteiger partial charge in [0, 0.05) is 19.0 Å². The highest BCUT2D eigenvalue weighted by Gasteiger charge is 2.33. The molecule has 2 aromatic rings. The molecule has 0 unspecified atom stereocenters. The third-order valence-electron chi connectivity index (χ3n) is 3.86. The number of halogens is 1. The molecule has 0 aromatic heterocycles. The Balaban J connectivity index is 1.98. The number of benzene rings is 2. The number of likely N-dealkylation sites (N-methyl/N-ethyl adjacent to an activating group) is 1. The van der Waals surface area contributed by atoms with Crippen molar-refractivity contribution in [2.24, 2.45) is 0 Å². The minimum atomic E-state index is -0.539. The Hall–Kier alpha value is -2.51. The second kappa shape index (κ2) is 7.80. The van der Waals surface area contributed by atoms with Crippen molar-refractivity contribution >= 4 is 45.8 Å². The van der Waals surface area contributed by atoms with E-state index in [2.05, 4.69) is 5.32 Å². The summed E-state index contributed by atoms with van der Waals surface area (Å²) < 4.78 is 14.3. The van der Waals surface area contributed by atoms with Crippen molar-refractivity contribution in [3.8, 4) is 0 Å². The average molecular weight is 386 g/mol. The van der Waals surface area contributed by atoms with Crippen LogP contribution in [-0.2, 0) is 16.0 Å². The summed E-state index contributed by atoms with van der Waals surface area (Å²) in [5.41, 5.74) is 1.20. The van der Waals surface area contributed by atoms with Crippen molar-refractivity contribution in [3.63, 3.8) is 0 Å². The number of para-hydroxylation sites is 1. The summed E-state index contributed by atoms with van der Waals surface area (Å²) in [5, 5.41) is 2.56. The zero-order chi connectivity index (χ0) is 18.7. The molecular weight excluding hydrogens is 371 g/mol. The van der Waals surface area contributed by atoms with Crippen LogP contribution in [0, 0.1) is 5.82 Å². The Kier molecular flexibility index (Phi) is 5.49. The lowest BCUT2D eigenvalue weighted by molar-refractivity contribution is -0.122. The van der Waals surface area contributed by atoms with Crippen LogP contribution < -0.4 is 5.32 Å². The van der Waals surface area contributed by atoms with E-state index in [0.29, 0.717) is 4.32 Å². The maximum absolute atomic E-state index is 13.9. The molecule has 1 aliphatic heterocycles. The Bertz CT molecular complexity index is 913. The Labute approximate surface area is 160 Å². The molecule has 1 heterocycles. The first-order valence-electron chi connectivity index (χ1n) is 7.80. The summed E-state index contributed by atoms with van der Waals surface area (Å²) in [6.45, 7) is 0. The molecule has 4 nitrogen and oxygen atoms in total. The number of nitrogens with zero attached hydrogens (tertiary/aromatic N) is 1. The molecule has 0 bridgehead atoms. The van der Waals surface area contributed by atoms with E-state index in [4.69, 9.17) is 12.2 Å². The van der Waals surface area contributed by atoms with Crippen molar-refractivity contribution in [1.29, 1.82) is 0 Å². The molecule has 7 heteroatoms. The SMILES string of the molecule is CN1C(=O)/C(=C(/Cc2ccccc2)C(=O)Nc2ccccc2F)SC1=S. The van der Waals surface area contributed by atoms with Crippen molar-refractivity contribution in [2.45, 2.75) is 6.42 Å². The normalized spacial score (nSPS) is 16.0. The molecule has 0 saturated carbocycles. The number of rotatable bonds is 4. The molecule has 0 radical (unpaired) electrons. The number of carbonyl (C=O) groups is 2. The first-order valence-corrected chi connectivity index (χ1v) is 9.02. The van der Waals surface area contributed by atoms with Gasteiger partial charge in [-0.05, 0) is 17.7 Å². The fourth-order valence-electron chi connectivity index (χ4n) is 2.45. The Morgan fingerprint density at radius 1 is 1.15 bits per heavy atom. The molecule has 1 aliphatic rings. The Morgan fingerprint density at radius 2 is 1.81 bits per heavy atom. The van der Waals surface area contributed by atoms with E-state index in [-0.39, 0.29) is 28.5 Å². The lowest BCUT2D eigenvalue weighted by Crippen LogP contribution is -2.25. The number of carbonyl (C=O) groups excluding carboxylic acids is 2. The fourth-order valence-corrected chi connectivity index (χ4v) is 3.69. The van der Waals surface area contributed by atoms with Crippen LogP contribution in [0.1, 0.15) is 5.56 Å². The van der Waals surface area contributed by atoms with Crippen LogP contribution in [-0.4, -0.2) is 28.1 Å². The van der Waals surface area contributed by atoms with Gasteiger partial charge in [-0.2, -0.15) is 0 Å². The van der Waals surface area contributed by atoms with Crippen LogP contribution in [0.5, 0.6) is 0 Å². The average Bonchev–Trinajstić information content (AvgIpc) is 2.89. The van der Waals surface area contributed by atoms with Gasteiger partial charge < -0.3 is 5.32 Å². The first-order chi connectivity index (χ1) is 12.5. The van der Waals surface area contributed by atoms with Crippen molar-refractivity contribution in [2.75, 3.05) is 12.4 Å². The highest BCUT2D eigenvalue weighted by atomic mass is 32.2. The number of anilines is 1. The minimum absolute atomic E-state index is 0.0649. The molecular formula is C19H15FN2O2S2. The highest BCUT2D eigenvalue weighted by molar-refractivity contribution is 8.26. The molecule has 1 fully saturated rings. The number of nitrogens with one attached hydrogen (secondary N) is 1. The molecule has 26 heavy (non-hydrogen) atoms. The summed E-state index contributed by atoms with van der Waals surface area (Å²) in [6.07, 6.45) is 0.242. The van der Waals surface area contributed by atoms with E-state index in [0.717, 1.165) is 17.3 Å². The lowest BCUT2D eigenvalue weighted by atomic mass is 10.0. The fraction of sp³-hybridized carbons (Fsp3) is 0.105. The van der Waals surface area contributed by atoms with Crippen LogP contribution in [0.15, 0.2) is 65.1 Å². The van der Waals surface area contributed by atoms with Crippen LogP contribution in [0.25, 0.3) is 0 Å². The molecule has 1 N–H and O–H groups in total. The predicted octanol–water partition coefficient (Wildman–Crippen LogP) is 3.75. The molecule has 2 amide bonds. The molecule has 0 aliphatic carbocycles. The van der Waals surface area contributed by atoms with Crippen LogP contribution in [0.4, 0.5) is 10.1 Å². The van der Waals surface area contributed by atoms with Gasteiger partial charge in [0.2, 0.25) is 0 Å². The maximum Gasteiger partial charge on any atom is 0.266 e. The largest absolute Gasteiger partial charge is 0.320 e. The van der Waals surface area contributed by atoms with E-state index in [1.54, 1.807) is 13.1 Å². The molecule has 0 atom stereocenters. The standard InChI is InChI=1S/C19H15FN2O2S2/c1-22-18(24)16(26-19(22)25)13(11-12-7-3-2-4-8-12)17(23)21-15-10-6-5-9-14(15)20/h2-10H,11H2,1H3,(H,21,23)/b16-13+. The van der Waals surface area contributed by atoms with Crippen LogP contribution >= 0.6 is 24.0 Å². The summed E-state index contributed by atoms with van der Waals surface area (Å²) in [4.78, 5) is 26.9. The quantitative estimate of drug-likeness (QED) is 0.642. The number of thiocarbonyl (C=S) groups is 1. The van der Waals surface area contributed by atoms with Gasteiger partial charge in [-0.1, -0.05) is 66.4 Å². The van der Waals surface area contributed by atoms with Gasteiger partial charge >= 0.3 is 0 Å². The summed E-state index contributed by atoms with van der Waals surface area (Å²) in [6, 6.07) is 15.2.